The Morgan fingerprint density at radius 2 is 1.66 bits per heavy atom. The lowest BCUT2D eigenvalue weighted by atomic mass is 9.85. The van der Waals surface area contributed by atoms with Crippen LogP contribution in [0, 0.1) is 27.7 Å². The number of hydrogen-bond acceptors (Lipinski definition) is 5. The molecule has 1 aliphatic rings. The van der Waals surface area contributed by atoms with Gasteiger partial charge in [0.25, 0.3) is 0 Å². The van der Waals surface area contributed by atoms with Gasteiger partial charge in [0.15, 0.2) is 0 Å². The molecule has 0 saturated heterocycles. The molecule has 3 rings (SSSR count). The summed E-state index contributed by atoms with van der Waals surface area (Å²) in [7, 11) is -5.57. The number of benzene rings is 2. The Morgan fingerprint density at radius 3 is 2.28 bits per heavy atom. The van der Waals surface area contributed by atoms with Crippen molar-refractivity contribution in [2.24, 2.45) is 0 Å². The fourth-order valence-corrected chi connectivity index (χ4v) is 8.12. The van der Waals surface area contributed by atoms with Crippen molar-refractivity contribution < 1.29 is 21.9 Å². The lowest BCUT2D eigenvalue weighted by Gasteiger charge is -2.39. The minimum atomic E-state index is -3.78. The van der Waals surface area contributed by atoms with Gasteiger partial charge >= 0.3 is 10.1 Å². The number of hydrogen-bond donors (Lipinski definition) is 1. The van der Waals surface area contributed by atoms with Crippen molar-refractivity contribution >= 4 is 20.4 Å². The Balaban J connectivity index is 1.65. The maximum atomic E-state index is 12.7. The van der Waals surface area contributed by atoms with Gasteiger partial charge in [0.1, 0.15) is 17.1 Å². The predicted molar refractivity (Wildman–Crippen MR) is 133 cm³/mol. The normalized spacial score (nSPS) is 19.3. The summed E-state index contributed by atoms with van der Waals surface area (Å²) in [5.74, 6) is 1.94. The van der Waals surface area contributed by atoms with Gasteiger partial charge < -0.3 is 9.84 Å². The van der Waals surface area contributed by atoms with Crippen LogP contribution in [0.4, 0.5) is 0 Å². The number of aryl methyl sites for hydroxylation is 1. The highest BCUT2D eigenvalue weighted by Crippen LogP contribution is 2.47. The lowest BCUT2D eigenvalue weighted by molar-refractivity contribution is 0.0544. The van der Waals surface area contributed by atoms with Crippen LogP contribution in [-0.2, 0) is 20.2 Å². The predicted octanol–water partition coefficient (Wildman–Crippen LogP) is 5.87. The Bertz CT molecular complexity index is 1100. The second-order valence-electron chi connectivity index (χ2n) is 9.66. The van der Waals surface area contributed by atoms with E-state index in [9.17, 15) is 13.5 Å². The largest absolute Gasteiger partial charge is 0.507 e. The average molecular weight is 481 g/mol. The first-order chi connectivity index (χ1) is 14.7. The SMILES string of the molecule is Cc1ccc(S(=O)(=O)OS(C)(C)CCCC2(C)CCc3c(C)c(O)c(C)c(C)c3O2)cc1. The monoisotopic (exact) mass is 480 g/mol. The maximum absolute atomic E-state index is 12.7. The minimum absolute atomic E-state index is 0.201. The molecule has 178 valence electrons. The van der Waals surface area contributed by atoms with Crippen LogP contribution in [-0.4, -0.2) is 37.4 Å². The Kier molecular flexibility index (Phi) is 6.95. The van der Waals surface area contributed by atoms with Gasteiger partial charge in [-0.15, -0.1) is 10.3 Å². The van der Waals surface area contributed by atoms with Gasteiger partial charge in [-0.2, -0.15) is 8.42 Å². The third-order valence-corrected chi connectivity index (χ3v) is 10.8. The molecule has 0 saturated carbocycles. The molecule has 1 aliphatic heterocycles. The van der Waals surface area contributed by atoms with E-state index in [0.717, 1.165) is 59.3 Å². The van der Waals surface area contributed by atoms with E-state index in [0.29, 0.717) is 11.5 Å². The molecule has 1 unspecified atom stereocenters. The van der Waals surface area contributed by atoms with Crippen LogP contribution in [0.25, 0.3) is 0 Å². The molecule has 0 aromatic heterocycles. The molecular weight excluding hydrogens is 444 g/mol. The second kappa shape index (κ2) is 8.92. The van der Waals surface area contributed by atoms with Gasteiger partial charge in [-0.25, -0.2) is 3.63 Å². The number of phenolic OH excluding ortho intramolecular Hbond substituents is 1. The average Bonchev–Trinajstić information content (AvgIpc) is 2.70. The van der Waals surface area contributed by atoms with Gasteiger partial charge in [-0.3, -0.25) is 0 Å². The van der Waals surface area contributed by atoms with Gasteiger partial charge in [0, 0.05) is 5.56 Å². The smallest absolute Gasteiger partial charge is 0.306 e. The van der Waals surface area contributed by atoms with Crippen molar-refractivity contribution in [1.82, 2.24) is 0 Å². The summed E-state index contributed by atoms with van der Waals surface area (Å²) < 4.78 is 37.6. The molecular formula is C25H36O5S2. The van der Waals surface area contributed by atoms with Crippen molar-refractivity contribution in [3.05, 3.63) is 52.1 Å². The van der Waals surface area contributed by atoms with Crippen LogP contribution in [0.5, 0.6) is 11.5 Å². The van der Waals surface area contributed by atoms with Crippen LogP contribution < -0.4 is 4.74 Å². The molecule has 0 aliphatic carbocycles. The summed E-state index contributed by atoms with van der Waals surface area (Å²) in [6.45, 7) is 9.91. The van der Waals surface area contributed by atoms with Crippen LogP contribution >= 0.6 is 10.3 Å². The second-order valence-corrected chi connectivity index (χ2v) is 14.9. The van der Waals surface area contributed by atoms with Crippen molar-refractivity contribution in [3.8, 4) is 11.5 Å². The highest BCUT2D eigenvalue weighted by atomic mass is 32.3. The quantitative estimate of drug-likeness (QED) is 0.536. The summed E-state index contributed by atoms with van der Waals surface area (Å²) >= 11 is 0. The van der Waals surface area contributed by atoms with Crippen molar-refractivity contribution in [2.45, 2.75) is 70.8 Å². The zero-order chi connectivity index (χ0) is 23.9. The molecule has 7 heteroatoms. The first kappa shape index (κ1) is 24.9. The Hall–Kier alpha value is -1.70. The molecule has 1 heterocycles. The maximum Gasteiger partial charge on any atom is 0.306 e. The number of rotatable bonds is 7. The van der Waals surface area contributed by atoms with E-state index in [1.165, 1.54) is 0 Å². The summed E-state index contributed by atoms with van der Waals surface area (Å²) in [5.41, 5.74) is 4.55. The Labute approximate surface area is 194 Å². The fourth-order valence-electron chi connectivity index (χ4n) is 4.29. The van der Waals surface area contributed by atoms with E-state index >= 15 is 0 Å². The molecule has 0 spiro atoms. The van der Waals surface area contributed by atoms with Gasteiger partial charge in [0.2, 0.25) is 0 Å². The first-order valence-corrected chi connectivity index (χ1v) is 14.9. The van der Waals surface area contributed by atoms with Crippen LogP contribution in [0.3, 0.4) is 0 Å². The van der Waals surface area contributed by atoms with Crippen LogP contribution in [0.2, 0.25) is 0 Å². The molecule has 0 bridgehead atoms. The number of fused-ring (bicyclic) bond motifs is 1. The number of phenols is 1. The zero-order valence-corrected chi connectivity index (χ0v) is 21.9. The molecule has 5 nitrogen and oxygen atoms in total. The van der Waals surface area contributed by atoms with E-state index in [2.05, 4.69) is 6.92 Å². The van der Waals surface area contributed by atoms with Gasteiger partial charge in [0.05, 0.1) is 4.90 Å². The fraction of sp³-hybridized carbons (Fsp3) is 0.520. The van der Waals surface area contributed by atoms with E-state index in [4.69, 9.17) is 8.37 Å². The van der Waals surface area contributed by atoms with Crippen LogP contribution in [0.15, 0.2) is 29.2 Å². The van der Waals surface area contributed by atoms with Gasteiger partial charge in [-0.05, 0) is 107 Å². The summed E-state index contributed by atoms with van der Waals surface area (Å²) in [6.07, 6.45) is 7.15. The summed E-state index contributed by atoms with van der Waals surface area (Å²) in [6, 6.07) is 6.75. The van der Waals surface area contributed by atoms with Crippen molar-refractivity contribution in [1.29, 1.82) is 0 Å². The molecule has 2 aromatic carbocycles. The van der Waals surface area contributed by atoms with E-state index in [1.54, 1.807) is 24.3 Å². The zero-order valence-electron chi connectivity index (χ0n) is 20.2. The van der Waals surface area contributed by atoms with Gasteiger partial charge in [-0.1, -0.05) is 17.7 Å². The summed E-state index contributed by atoms with van der Waals surface area (Å²) in [4.78, 5) is 0.201. The molecule has 0 amide bonds. The molecule has 1 N–H and O–H groups in total. The third-order valence-electron chi connectivity index (χ3n) is 6.52. The molecule has 0 radical (unpaired) electrons. The molecule has 1 atom stereocenters. The highest BCUT2D eigenvalue weighted by molar-refractivity contribution is 8.32. The summed E-state index contributed by atoms with van der Waals surface area (Å²) in [5, 5.41) is 10.4. The molecule has 32 heavy (non-hydrogen) atoms. The topological polar surface area (TPSA) is 72.8 Å². The van der Waals surface area contributed by atoms with E-state index in [1.807, 2.05) is 40.2 Å². The standard InChI is InChI=1S/C25H36O5S2/c1-17-9-11-21(12-10-17)32(27,28)30-31(6,7)16-8-14-25(5)15-13-22-20(4)23(26)18(2)19(3)24(22)29-25/h9-12,26H,8,13-16H2,1-7H3. The van der Waals surface area contributed by atoms with Crippen LogP contribution in [0.1, 0.15) is 54.0 Å². The molecule has 2 aromatic rings. The number of aromatic hydroxyl groups is 1. The number of ether oxygens (including phenoxy) is 1. The Morgan fingerprint density at radius 1 is 1.03 bits per heavy atom. The lowest BCUT2D eigenvalue weighted by Crippen LogP contribution is -2.37. The first-order valence-electron chi connectivity index (χ1n) is 11.0. The van der Waals surface area contributed by atoms with Crippen molar-refractivity contribution in [2.75, 3.05) is 18.3 Å². The third kappa shape index (κ3) is 5.26. The van der Waals surface area contributed by atoms with E-state index in [-0.39, 0.29) is 10.5 Å². The minimum Gasteiger partial charge on any atom is -0.507 e. The highest BCUT2D eigenvalue weighted by Gasteiger charge is 2.35. The molecule has 0 fully saturated rings. The van der Waals surface area contributed by atoms with E-state index < -0.39 is 20.4 Å². The van der Waals surface area contributed by atoms with Crippen molar-refractivity contribution in [3.63, 3.8) is 0 Å².